The van der Waals surface area contributed by atoms with Crippen molar-refractivity contribution >= 4 is 35.0 Å². The summed E-state index contributed by atoms with van der Waals surface area (Å²) in [5, 5.41) is 4.05. The van der Waals surface area contributed by atoms with Gasteiger partial charge in [0, 0.05) is 28.2 Å². The number of benzene rings is 2. The number of rotatable bonds is 9. The third-order valence-electron chi connectivity index (χ3n) is 6.04. The maximum Gasteiger partial charge on any atom is 0.261 e. The van der Waals surface area contributed by atoms with Gasteiger partial charge in [0.1, 0.15) is 11.8 Å². The Labute approximate surface area is 206 Å². The molecule has 0 saturated heterocycles. The van der Waals surface area contributed by atoms with E-state index in [0.29, 0.717) is 27.8 Å². The van der Waals surface area contributed by atoms with E-state index in [1.807, 2.05) is 39.0 Å². The largest absolute Gasteiger partial charge is 0.484 e. The number of hydrogen-bond acceptors (Lipinski definition) is 3. The Bertz CT molecular complexity index is 949. The van der Waals surface area contributed by atoms with Gasteiger partial charge in [0.25, 0.3) is 5.91 Å². The van der Waals surface area contributed by atoms with E-state index >= 15 is 0 Å². The lowest BCUT2D eigenvalue weighted by Crippen LogP contribution is -2.52. The Kier molecular flexibility index (Phi) is 9.04. The number of nitrogens with zero attached hydrogens (tertiary/aromatic N) is 1. The second-order valence-electron chi connectivity index (χ2n) is 8.75. The molecule has 1 aliphatic carbocycles. The first-order valence-electron chi connectivity index (χ1n) is 11.5. The molecule has 1 atom stereocenters. The monoisotopic (exact) mass is 490 g/mol. The molecule has 0 spiro atoms. The van der Waals surface area contributed by atoms with Gasteiger partial charge in [0.2, 0.25) is 5.91 Å². The first kappa shape index (κ1) is 25.4. The molecule has 1 saturated carbocycles. The van der Waals surface area contributed by atoms with Gasteiger partial charge in [-0.1, -0.05) is 55.1 Å². The normalized spacial score (nSPS) is 14.7. The van der Waals surface area contributed by atoms with Gasteiger partial charge < -0.3 is 15.0 Å². The SMILES string of the molecule is CCC(C(=O)NC1CCCC1)N(Cc1c(Cl)cccc1Cl)C(=O)COc1cc(C)cc(C)c1. The summed E-state index contributed by atoms with van der Waals surface area (Å²) in [6.45, 7) is 5.81. The lowest BCUT2D eigenvalue weighted by Gasteiger charge is -2.32. The van der Waals surface area contributed by atoms with Crippen LogP contribution in [-0.4, -0.2) is 35.4 Å². The van der Waals surface area contributed by atoms with Crippen molar-refractivity contribution in [1.29, 1.82) is 0 Å². The van der Waals surface area contributed by atoms with Crippen LogP contribution in [0.5, 0.6) is 5.75 Å². The Morgan fingerprint density at radius 3 is 2.27 bits per heavy atom. The summed E-state index contributed by atoms with van der Waals surface area (Å²) in [6, 6.07) is 10.6. The van der Waals surface area contributed by atoms with Crippen LogP contribution in [0.2, 0.25) is 10.0 Å². The average Bonchev–Trinajstić information content (AvgIpc) is 3.26. The van der Waals surface area contributed by atoms with Crippen molar-refractivity contribution in [3.8, 4) is 5.75 Å². The predicted octanol–water partition coefficient (Wildman–Crippen LogP) is 5.86. The molecule has 1 aliphatic rings. The highest BCUT2D eigenvalue weighted by atomic mass is 35.5. The van der Waals surface area contributed by atoms with Crippen molar-refractivity contribution in [2.24, 2.45) is 0 Å². The van der Waals surface area contributed by atoms with E-state index in [1.165, 1.54) is 0 Å². The molecule has 3 rings (SSSR count). The molecule has 33 heavy (non-hydrogen) atoms. The Balaban J connectivity index is 1.82. The number of nitrogens with one attached hydrogen (secondary N) is 1. The number of halogens is 2. The molecule has 5 nitrogen and oxygen atoms in total. The van der Waals surface area contributed by atoms with Crippen LogP contribution in [0.15, 0.2) is 36.4 Å². The minimum absolute atomic E-state index is 0.129. The third kappa shape index (κ3) is 6.87. The molecular weight excluding hydrogens is 459 g/mol. The quantitative estimate of drug-likeness (QED) is 0.479. The van der Waals surface area contributed by atoms with Crippen molar-refractivity contribution in [2.45, 2.75) is 71.5 Å². The first-order valence-corrected chi connectivity index (χ1v) is 12.3. The van der Waals surface area contributed by atoms with Crippen molar-refractivity contribution in [3.63, 3.8) is 0 Å². The van der Waals surface area contributed by atoms with Gasteiger partial charge in [-0.2, -0.15) is 0 Å². The fourth-order valence-corrected chi connectivity index (χ4v) is 4.90. The third-order valence-corrected chi connectivity index (χ3v) is 6.74. The van der Waals surface area contributed by atoms with Crippen molar-refractivity contribution in [3.05, 3.63) is 63.1 Å². The van der Waals surface area contributed by atoms with Gasteiger partial charge in [0.15, 0.2) is 6.61 Å². The highest BCUT2D eigenvalue weighted by Crippen LogP contribution is 2.27. The van der Waals surface area contributed by atoms with Crippen LogP contribution < -0.4 is 10.1 Å². The fourth-order valence-electron chi connectivity index (χ4n) is 4.38. The predicted molar refractivity (Wildman–Crippen MR) is 133 cm³/mol. The number of carbonyl (C=O) groups is 2. The van der Waals surface area contributed by atoms with E-state index in [0.717, 1.165) is 36.8 Å². The highest BCUT2D eigenvalue weighted by molar-refractivity contribution is 6.36. The molecule has 1 unspecified atom stereocenters. The average molecular weight is 491 g/mol. The van der Waals surface area contributed by atoms with Gasteiger partial charge in [-0.25, -0.2) is 0 Å². The molecule has 178 valence electrons. The van der Waals surface area contributed by atoms with E-state index in [4.69, 9.17) is 27.9 Å². The summed E-state index contributed by atoms with van der Waals surface area (Å²) in [5.74, 6) is 0.186. The first-order chi connectivity index (χ1) is 15.8. The van der Waals surface area contributed by atoms with Crippen LogP contribution in [0.1, 0.15) is 55.7 Å². The van der Waals surface area contributed by atoms with Crippen molar-refractivity contribution in [2.75, 3.05) is 6.61 Å². The van der Waals surface area contributed by atoms with E-state index in [9.17, 15) is 9.59 Å². The zero-order chi connectivity index (χ0) is 24.0. The minimum atomic E-state index is -0.645. The van der Waals surface area contributed by atoms with Crippen molar-refractivity contribution in [1.82, 2.24) is 10.2 Å². The lowest BCUT2D eigenvalue weighted by atomic mass is 10.1. The zero-order valence-electron chi connectivity index (χ0n) is 19.5. The van der Waals surface area contributed by atoms with Gasteiger partial charge >= 0.3 is 0 Å². The molecule has 1 N–H and O–H groups in total. The smallest absolute Gasteiger partial charge is 0.261 e. The molecule has 0 bridgehead atoms. The summed E-state index contributed by atoms with van der Waals surface area (Å²) in [4.78, 5) is 28.1. The summed E-state index contributed by atoms with van der Waals surface area (Å²) in [6.07, 6.45) is 4.65. The number of ether oxygens (including phenoxy) is 1. The number of hydrogen-bond donors (Lipinski definition) is 1. The second-order valence-corrected chi connectivity index (χ2v) is 9.56. The Morgan fingerprint density at radius 1 is 1.09 bits per heavy atom. The van der Waals surface area contributed by atoms with Crippen LogP contribution in [0.4, 0.5) is 0 Å². The van der Waals surface area contributed by atoms with Crippen LogP contribution >= 0.6 is 23.2 Å². The lowest BCUT2D eigenvalue weighted by molar-refractivity contribution is -0.143. The zero-order valence-corrected chi connectivity index (χ0v) is 21.0. The van der Waals surface area contributed by atoms with E-state index in [1.54, 1.807) is 23.1 Å². The van der Waals surface area contributed by atoms with Gasteiger partial charge in [0.05, 0.1) is 0 Å². The summed E-state index contributed by atoms with van der Waals surface area (Å²) >= 11 is 12.8. The fraction of sp³-hybridized carbons (Fsp3) is 0.462. The maximum atomic E-state index is 13.4. The molecule has 0 radical (unpaired) electrons. The summed E-state index contributed by atoms with van der Waals surface area (Å²) < 4.78 is 5.83. The molecule has 2 aromatic carbocycles. The van der Waals surface area contributed by atoms with Crippen LogP contribution in [0.3, 0.4) is 0 Å². The van der Waals surface area contributed by atoms with Gasteiger partial charge in [-0.15, -0.1) is 0 Å². The molecule has 2 amide bonds. The number of amides is 2. The van der Waals surface area contributed by atoms with Gasteiger partial charge in [-0.3, -0.25) is 9.59 Å². The van der Waals surface area contributed by atoms with E-state index < -0.39 is 6.04 Å². The molecule has 0 aliphatic heterocycles. The van der Waals surface area contributed by atoms with E-state index in [-0.39, 0.29) is 31.0 Å². The standard InChI is InChI=1S/C26H32Cl2N2O3/c1-4-24(26(32)29-19-8-5-6-9-19)30(15-21-22(27)10-7-11-23(21)28)25(31)16-33-20-13-17(2)12-18(3)14-20/h7,10-14,19,24H,4-6,8-9,15-16H2,1-3H3,(H,29,32). The molecule has 0 heterocycles. The van der Waals surface area contributed by atoms with Crippen LogP contribution in [0, 0.1) is 13.8 Å². The summed E-state index contributed by atoms with van der Waals surface area (Å²) in [5.41, 5.74) is 2.73. The molecule has 7 heteroatoms. The Morgan fingerprint density at radius 2 is 1.70 bits per heavy atom. The second kappa shape index (κ2) is 11.8. The van der Waals surface area contributed by atoms with Gasteiger partial charge in [-0.05, 0) is 68.5 Å². The minimum Gasteiger partial charge on any atom is -0.484 e. The topological polar surface area (TPSA) is 58.6 Å². The Hall–Kier alpha value is -2.24. The maximum absolute atomic E-state index is 13.4. The summed E-state index contributed by atoms with van der Waals surface area (Å²) in [7, 11) is 0. The number of carbonyl (C=O) groups excluding carboxylic acids is 2. The van der Waals surface area contributed by atoms with Crippen molar-refractivity contribution < 1.29 is 14.3 Å². The van der Waals surface area contributed by atoms with E-state index in [2.05, 4.69) is 5.32 Å². The van der Waals surface area contributed by atoms with Crippen LogP contribution in [0.25, 0.3) is 0 Å². The number of aryl methyl sites for hydroxylation is 2. The van der Waals surface area contributed by atoms with Crippen LogP contribution in [-0.2, 0) is 16.1 Å². The highest BCUT2D eigenvalue weighted by Gasteiger charge is 2.31. The molecule has 0 aromatic heterocycles. The molecule has 1 fully saturated rings. The molecule has 2 aromatic rings. The molecular formula is C26H32Cl2N2O3.